The van der Waals surface area contributed by atoms with Crippen LogP contribution in [0, 0.1) is 5.82 Å². The van der Waals surface area contributed by atoms with Crippen molar-refractivity contribution in [2.24, 2.45) is 5.73 Å². The van der Waals surface area contributed by atoms with E-state index in [9.17, 15) is 14.0 Å². The van der Waals surface area contributed by atoms with Crippen LogP contribution >= 0.6 is 0 Å². The molecule has 0 fully saturated rings. The molecule has 1 rings (SSSR count). The number of carbonyl (C=O) groups excluding carboxylic acids is 2. The van der Waals surface area contributed by atoms with Crippen LogP contribution in [0.4, 0.5) is 15.8 Å². The summed E-state index contributed by atoms with van der Waals surface area (Å²) in [5.41, 5.74) is 6.12. The molecule has 0 aliphatic carbocycles. The van der Waals surface area contributed by atoms with Crippen LogP contribution in [0.25, 0.3) is 0 Å². The maximum absolute atomic E-state index is 13.5. The van der Waals surface area contributed by atoms with Gasteiger partial charge >= 0.3 is 0 Å². The van der Waals surface area contributed by atoms with Crippen molar-refractivity contribution in [1.82, 2.24) is 0 Å². The molecule has 0 spiro atoms. The molecule has 6 nitrogen and oxygen atoms in total. The smallest absolute Gasteiger partial charge is 0.241 e. The van der Waals surface area contributed by atoms with Crippen molar-refractivity contribution in [3.8, 4) is 0 Å². The summed E-state index contributed by atoms with van der Waals surface area (Å²) in [6.07, 6.45) is 1.16. The van der Waals surface area contributed by atoms with Gasteiger partial charge in [-0.2, -0.15) is 0 Å². The van der Waals surface area contributed by atoms with Crippen molar-refractivity contribution in [2.75, 3.05) is 24.4 Å². The fraction of sp³-hybridized carbons (Fsp3) is 0.429. The normalized spacial score (nSPS) is 11.8. The lowest BCUT2D eigenvalue weighted by Crippen LogP contribution is -2.35. The summed E-state index contributed by atoms with van der Waals surface area (Å²) in [6.45, 7) is 1.81. The van der Waals surface area contributed by atoms with Crippen molar-refractivity contribution in [3.05, 3.63) is 24.0 Å². The minimum absolute atomic E-state index is 0.00764. The molecule has 0 radical (unpaired) electrons. The maximum Gasteiger partial charge on any atom is 0.241 e. The van der Waals surface area contributed by atoms with Gasteiger partial charge < -0.3 is 21.1 Å². The third-order valence-electron chi connectivity index (χ3n) is 2.74. The van der Waals surface area contributed by atoms with Crippen LogP contribution in [-0.2, 0) is 14.3 Å². The molecule has 0 aliphatic heterocycles. The van der Waals surface area contributed by atoms with Gasteiger partial charge in [0.15, 0.2) is 0 Å². The van der Waals surface area contributed by atoms with Crippen LogP contribution in [0.15, 0.2) is 18.2 Å². The Hall–Kier alpha value is -1.99. The third kappa shape index (κ3) is 5.88. The highest BCUT2D eigenvalue weighted by molar-refractivity contribution is 5.96. The summed E-state index contributed by atoms with van der Waals surface area (Å²) in [7, 11) is 1.58. The van der Waals surface area contributed by atoms with Crippen molar-refractivity contribution < 1.29 is 18.7 Å². The number of methoxy groups -OCH3 is 1. The quantitative estimate of drug-likeness (QED) is 0.664. The number of nitrogens with one attached hydrogen (secondary N) is 2. The highest BCUT2D eigenvalue weighted by Gasteiger charge is 2.14. The van der Waals surface area contributed by atoms with Crippen molar-refractivity contribution in [1.29, 1.82) is 0 Å². The molecular formula is C14H20FN3O3. The van der Waals surface area contributed by atoms with Gasteiger partial charge in [0, 0.05) is 26.3 Å². The summed E-state index contributed by atoms with van der Waals surface area (Å²) in [6, 6.07) is 3.24. The van der Waals surface area contributed by atoms with Crippen LogP contribution < -0.4 is 16.4 Å². The third-order valence-corrected chi connectivity index (χ3v) is 2.74. The average molecular weight is 297 g/mol. The Morgan fingerprint density at radius 2 is 2.10 bits per heavy atom. The van der Waals surface area contributed by atoms with Crippen LogP contribution in [0.1, 0.15) is 19.8 Å². The first-order valence-electron chi connectivity index (χ1n) is 6.56. The first-order chi connectivity index (χ1) is 9.93. The van der Waals surface area contributed by atoms with Crippen LogP contribution in [0.2, 0.25) is 0 Å². The molecule has 7 heteroatoms. The average Bonchev–Trinajstić information content (AvgIpc) is 2.42. The highest BCUT2D eigenvalue weighted by Crippen LogP contribution is 2.19. The van der Waals surface area contributed by atoms with E-state index in [1.54, 1.807) is 7.11 Å². The summed E-state index contributed by atoms with van der Waals surface area (Å²) < 4.78 is 18.4. The van der Waals surface area contributed by atoms with Crippen LogP contribution in [0.5, 0.6) is 0 Å². The fourth-order valence-electron chi connectivity index (χ4n) is 1.70. The van der Waals surface area contributed by atoms with Crippen molar-refractivity contribution >= 4 is 23.2 Å². The van der Waals surface area contributed by atoms with Crippen molar-refractivity contribution in [3.63, 3.8) is 0 Å². The molecule has 0 heterocycles. The lowest BCUT2D eigenvalue weighted by atomic mass is 10.1. The largest absolute Gasteiger partial charge is 0.385 e. The Balaban J connectivity index is 2.65. The lowest BCUT2D eigenvalue weighted by Gasteiger charge is -2.13. The summed E-state index contributed by atoms with van der Waals surface area (Å²) in [5, 5.41) is 4.93. The second-order valence-corrected chi connectivity index (χ2v) is 4.61. The zero-order chi connectivity index (χ0) is 15.8. The van der Waals surface area contributed by atoms with E-state index in [2.05, 4.69) is 10.6 Å². The molecule has 0 aliphatic rings. The minimum Gasteiger partial charge on any atom is -0.385 e. The number of hydrogen-bond donors (Lipinski definition) is 3. The Morgan fingerprint density at radius 3 is 2.71 bits per heavy atom. The molecule has 4 N–H and O–H groups in total. The zero-order valence-corrected chi connectivity index (χ0v) is 12.1. The number of rotatable bonds is 7. The van der Waals surface area contributed by atoms with Crippen LogP contribution in [0.3, 0.4) is 0 Å². The Labute approximate surface area is 122 Å². The standard InChI is InChI=1S/C14H20FN3O3/c1-9(19)17-13-8-10(5-6-11(13)15)18-14(20)12(16)4-3-7-21-2/h5-6,8,12H,3-4,7,16H2,1-2H3,(H,17,19)(H,18,20). The molecule has 1 aromatic rings. The Morgan fingerprint density at radius 1 is 1.38 bits per heavy atom. The van der Waals surface area contributed by atoms with Gasteiger partial charge in [-0.05, 0) is 31.0 Å². The van der Waals surface area contributed by atoms with E-state index < -0.39 is 17.8 Å². The second-order valence-electron chi connectivity index (χ2n) is 4.61. The van der Waals surface area contributed by atoms with Crippen LogP contribution in [-0.4, -0.2) is 31.6 Å². The molecule has 1 atom stereocenters. The molecular weight excluding hydrogens is 277 g/mol. The van der Waals surface area contributed by atoms with E-state index in [0.717, 1.165) is 6.07 Å². The molecule has 116 valence electrons. The zero-order valence-electron chi connectivity index (χ0n) is 12.1. The second kappa shape index (κ2) is 8.33. The molecule has 0 saturated heterocycles. The monoisotopic (exact) mass is 297 g/mol. The van der Waals surface area contributed by atoms with E-state index in [1.807, 2.05) is 0 Å². The molecule has 2 amide bonds. The Kier molecular flexibility index (Phi) is 6.77. The molecule has 0 bridgehead atoms. The van der Waals surface area contributed by atoms with E-state index in [0.29, 0.717) is 25.1 Å². The summed E-state index contributed by atoms with van der Waals surface area (Å²) >= 11 is 0. The fourth-order valence-corrected chi connectivity index (χ4v) is 1.70. The number of carbonyl (C=O) groups is 2. The van der Waals surface area contributed by atoms with Gasteiger partial charge in [0.25, 0.3) is 0 Å². The van der Waals surface area contributed by atoms with E-state index in [-0.39, 0.29) is 11.6 Å². The number of amides is 2. The van der Waals surface area contributed by atoms with E-state index in [4.69, 9.17) is 10.5 Å². The van der Waals surface area contributed by atoms with Gasteiger partial charge in [-0.15, -0.1) is 0 Å². The topological polar surface area (TPSA) is 93.4 Å². The minimum atomic E-state index is -0.672. The SMILES string of the molecule is COCCCC(N)C(=O)Nc1ccc(F)c(NC(C)=O)c1. The molecule has 1 unspecified atom stereocenters. The summed E-state index contributed by atoms with van der Waals surface area (Å²) in [5.74, 6) is -1.34. The number of hydrogen-bond acceptors (Lipinski definition) is 4. The first-order valence-corrected chi connectivity index (χ1v) is 6.56. The number of ether oxygens (including phenoxy) is 1. The van der Waals surface area contributed by atoms with Gasteiger partial charge in [0.2, 0.25) is 11.8 Å². The maximum atomic E-state index is 13.5. The molecule has 21 heavy (non-hydrogen) atoms. The molecule has 1 aromatic carbocycles. The predicted octanol–water partition coefficient (Wildman–Crippen LogP) is 1.48. The number of benzene rings is 1. The van der Waals surface area contributed by atoms with Gasteiger partial charge in [-0.1, -0.05) is 0 Å². The molecule has 0 aromatic heterocycles. The van der Waals surface area contributed by atoms with Gasteiger partial charge in [0.05, 0.1) is 11.7 Å². The molecule has 0 saturated carbocycles. The van der Waals surface area contributed by atoms with E-state index in [1.165, 1.54) is 19.1 Å². The lowest BCUT2D eigenvalue weighted by molar-refractivity contribution is -0.117. The van der Waals surface area contributed by atoms with Gasteiger partial charge in [0.1, 0.15) is 5.82 Å². The number of nitrogens with two attached hydrogens (primary N) is 1. The van der Waals surface area contributed by atoms with Gasteiger partial charge in [-0.3, -0.25) is 9.59 Å². The number of anilines is 2. The van der Waals surface area contributed by atoms with Gasteiger partial charge in [-0.25, -0.2) is 4.39 Å². The first kappa shape index (κ1) is 17.1. The predicted molar refractivity (Wildman–Crippen MR) is 78.4 cm³/mol. The Bertz CT molecular complexity index is 508. The van der Waals surface area contributed by atoms with Crippen molar-refractivity contribution in [2.45, 2.75) is 25.8 Å². The summed E-state index contributed by atoms with van der Waals surface area (Å²) in [4.78, 5) is 22.8. The highest BCUT2D eigenvalue weighted by atomic mass is 19.1. The van der Waals surface area contributed by atoms with E-state index >= 15 is 0 Å². The number of halogens is 1.